The molecule has 0 saturated heterocycles. The summed E-state index contributed by atoms with van der Waals surface area (Å²) in [6.07, 6.45) is 3.73. The zero-order valence-corrected chi connectivity index (χ0v) is 11.2. The van der Waals surface area contributed by atoms with Gasteiger partial charge in [-0.1, -0.05) is 36.4 Å². The lowest BCUT2D eigenvalue weighted by Gasteiger charge is -2.10. The fourth-order valence-electron chi connectivity index (χ4n) is 2.18. The van der Waals surface area contributed by atoms with Gasteiger partial charge in [-0.15, -0.1) is 0 Å². The van der Waals surface area contributed by atoms with Crippen LogP contribution in [0.1, 0.15) is 11.1 Å². The molecular weight excluding hydrogens is 266 g/mol. The van der Waals surface area contributed by atoms with E-state index in [0.717, 1.165) is 11.1 Å². The van der Waals surface area contributed by atoms with Crippen molar-refractivity contribution >= 4 is 0 Å². The topological polar surface area (TPSA) is 67.8 Å². The molecule has 0 unspecified atom stereocenters. The summed E-state index contributed by atoms with van der Waals surface area (Å²) in [4.78, 5) is 29.6. The molecule has 104 valence electrons. The number of hydrogen-bond donors (Lipinski definition) is 1. The van der Waals surface area contributed by atoms with E-state index in [2.05, 4.69) is 9.97 Å². The number of hydrogen-bond acceptors (Lipinski definition) is 3. The van der Waals surface area contributed by atoms with E-state index < -0.39 is 11.2 Å². The minimum absolute atomic E-state index is 0.420. The molecule has 5 heteroatoms. The SMILES string of the molecule is O=c1ccn(-c2ncccc2Cc2ccccc2)c(=O)[nH]1. The number of pyridine rings is 1. The van der Waals surface area contributed by atoms with Crippen LogP contribution >= 0.6 is 0 Å². The summed E-state index contributed by atoms with van der Waals surface area (Å²) in [5.74, 6) is 0.530. The van der Waals surface area contributed by atoms with Crippen molar-refractivity contribution < 1.29 is 0 Å². The molecule has 1 aromatic carbocycles. The van der Waals surface area contributed by atoms with Crippen molar-refractivity contribution in [1.29, 1.82) is 0 Å². The number of aromatic amines is 1. The second-order valence-corrected chi connectivity index (χ2v) is 4.63. The highest BCUT2D eigenvalue weighted by Crippen LogP contribution is 2.14. The minimum Gasteiger partial charge on any atom is -0.274 e. The van der Waals surface area contributed by atoms with Crippen LogP contribution in [-0.2, 0) is 6.42 Å². The van der Waals surface area contributed by atoms with E-state index in [-0.39, 0.29) is 0 Å². The van der Waals surface area contributed by atoms with Crippen molar-refractivity contribution in [2.45, 2.75) is 6.42 Å². The van der Waals surface area contributed by atoms with Crippen molar-refractivity contribution in [3.05, 3.63) is 92.9 Å². The largest absolute Gasteiger partial charge is 0.334 e. The number of rotatable bonds is 3. The maximum Gasteiger partial charge on any atom is 0.334 e. The maximum atomic E-state index is 11.9. The van der Waals surface area contributed by atoms with Crippen LogP contribution in [0.5, 0.6) is 0 Å². The molecule has 1 N–H and O–H groups in total. The molecule has 0 amide bonds. The van der Waals surface area contributed by atoms with E-state index in [1.54, 1.807) is 6.20 Å². The van der Waals surface area contributed by atoms with Crippen molar-refractivity contribution in [3.8, 4) is 5.82 Å². The Kier molecular flexibility index (Phi) is 3.47. The van der Waals surface area contributed by atoms with Crippen LogP contribution < -0.4 is 11.2 Å². The first-order valence-corrected chi connectivity index (χ1v) is 6.54. The summed E-state index contributed by atoms with van der Waals surface area (Å²) in [5, 5.41) is 0. The molecule has 0 radical (unpaired) electrons. The molecule has 0 aliphatic rings. The number of H-pyrrole nitrogens is 1. The molecule has 0 aliphatic carbocycles. The van der Waals surface area contributed by atoms with Crippen molar-refractivity contribution in [2.24, 2.45) is 0 Å². The monoisotopic (exact) mass is 279 g/mol. The Bertz CT molecular complexity index is 866. The summed E-state index contributed by atoms with van der Waals surface area (Å²) in [6, 6.07) is 15.0. The molecule has 0 aliphatic heterocycles. The van der Waals surface area contributed by atoms with Crippen LogP contribution in [0.15, 0.2) is 70.5 Å². The van der Waals surface area contributed by atoms with E-state index in [1.807, 2.05) is 42.5 Å². The number of nitrogens with one attached hydrogen (secondary N) is 1. The van der Waals surface area contributed by atoms with Gasteiger partial charge >= 0.3 is 5.69 Å². The van der Waals surface area contributed by atoms with Gasteiger partial charge in [0.2, 0.25) is 0 Å². The summed E-state index contributed by atoms with van der Waals surface area (Å²) >= 11 is 0. The third-order valence-corrected chi connectivity index (χ3v) is 3.16. The highest BCUT2D eigenvalue weighted by molar-refractivity contribution is 5.37. The molecule has 0 spiro atoms. The molecule has 0 fully saturated rings. The Morgan fingerprint density at radius 1 is 1.00 bits per heavy atom. The van der Waals surface area contributed by atoms with Crippen LogP contribution in [0, 0.1) is 0 Å². The van der Waals surface area contributed by atoms with Gasteiger partial charge in [-0.05, 0) is 17.2 Å². The highest BCUT2D eigenvalue weighted by atomic mass is 16.2. The third-order valence-electron chi connectivity index (χ3n) is 3.16. The Morgan fingerprint density at radius 3 is 2.57 bits per heavy atom. The maximum absolute atomic E-state index is 11.9. The predicted octanol–water partition coefficient (Wildman–Crippen LogP) is 1.51. The fourth-order valence-corrected chi connectivity index (χ4v) is 2.18. The van der Waals surface area contributed by atoms with Gasteiger partial charge in [0, 0.05) is 24.9 Å². The average molecular weight is 279 g/mol. The normalized spacial score (nSPS) is 10.5. The summed E-state index contributed by atoms with van der Waals surface area (Å²) in [5.41, 5.74) is 1.13. The molecule has 0 atom stereocenters. The molecule has 3 rings (SSSR count). The molecular formula is C16H13N3O2. The Hall–Kier alpha value is -2.95. The Morgan fingerprint density at radius 2 is 1.81 bits per heavy atom. The third kappa shape index (κ3) is 2.81. The van der Waals surface area contributed by atoms with Crippen molar-refractivity contribution in [1.82, 2.24) is 14.5 Å². The molecule has 21 heavy (non-hydrogen) atoms. The van der Waals surface area contributed by atoms with Crippen LogP contribution in [-0.4, -0.2) is 14.5 Å². The van der Waals surface area contributed by atoms with Gasteiger partial charge in [-0.2, -0.15) is 0 Å². The second kappa shape index (κ2) is 5.58. The first-order valence-electron chi connectivity index (χ1n) is 6.54. The lowest BCUT2D eigenvalue weighted by Crippen LogP contribution is -2.28. The van der Waals surface area contributed by atoms with Crippen LogP contribution in [0.2, 0.25) is 0 Å². The molecule has 0 saturated carbocycles. The average Bonchev–Trinajstić information content (AvgIpc) is 2.49. The predicted molar refractivity (Wildman–Crippen MR) is 79.7 cm³/mol. The van der Waals surface area contributed by atoms with Gasteiger partial charge in [-0.25, -0.2) is 9.78 Å². The highest BCUT2D eigenvalue weighted by Gasteiger charge is 2.08. The van der Waals surface area contributed by atoms with Crippen molar-refractivity contribution in [3.63, 3.8) is 0 Å². The van der Waals surface area contributed by atoms with Gasteiger partial charge in [0.15, 0.2) is 0 Å². The molecule has 3 aromatic rings. The number of aromatic nitrogens is 3. The Labute approximate surface area is 120 Å². The van der Waals surface area contributed by atoms with Gasteiger partial charge in [0.05, 0.1) is 0 Å². The van der Waals surface area contributed by atoms with Crippen LogP contribution in [0.4, 0.5) is 0 Å². The lowest BCUT2D eigenvalue weighted by atomic mass is 10.1. The molecule has 5 nitrogen and oxygen atoms in total. The lowest BCUT2D eigenvalue weighted by molar-refractivity contribution is 0.852. The number of benzene rings is 1. The summed E-state index contributed by atoms with van der Waals surface area (Å²) in [6.45, 7) is 0. The van der Waals surface area contributed by atoms with Crippen molar-refractivity contribution in [2.75, 3.05) is 0 Å². The van der Waals surface area contributed by atoms with Gasteiger partial charge < -0.3 is 0 Å². The summed E-state index contributed by atoms with van der Waals surface area (Å²) in [7, 11) is 0. The van der Waals surface area contributed by atoms with E-state index in [4.69, 9.17) is 0 Å². The van der Waals surface area contributed by atoms with Crippen LogP contribution in [0.3, 0.4) is 0 Å². The van der Waals surface area contributed by atoms with Gasteiger partial charge in [0.25, 0.3) is 5.56 Å². The standard InChI is InChI=1S/C16H13N3O2/c20-14-8-10-19(16(21)18-14)15-13(7-4-9-17-15)11-12-5-2-1-3-6-12/h1-10H,11H2,(H,18,20,21). The molecule has 2 heterocycles. The second-order valence-electron chi connectivity index (χ2n) is 4.63. The Balaban J connectivity index is 2.08. The first kappa shape index (κ1) is 13.1. The van der Waals surface area contributed by atoms with Crippen LogP contribution in [0.25, 0.3) is 5.82 Å². The van der Waals surface area contributed by atoms with Gasteiger partial charge in [-0.3, -0.25) is 14.3 Å². The van der Waals surface area contributed by atoms with E-state index >= 15 is 0 Å². The van der Waals surface area contributed by atoms with E-state index in [9.17, 15) is 9.59 Å². The zero-order chi connectivity index (χ0) is 14.7. The first-order chi connectivity index (χ1) is 10.2. The quantitative estimate of drug-likeness (QED) is 0.790. The molecule has 2 aromatic heterocycles. The molecule has 0 bridgehead atoms. The zero-order valence-electron chi connectivity index (χ0n) is 11.2. The van der Waals surface area contributed by atoms with E-state index in [1.165, 1.54) is 16.8 Å². The fraction of sp³-hybridized carbons (Fsp3) is 0.0625. The van der Waals surface area contributed by atoms with E-state index in [0.29, 0.717) is 12.2 Å². The number of nitrogens with zero attached hydrogens (tertiary/aromatic N) is 2. The minimum atomic E-state index is -0.490. The van der Waals surface area contributed by atoms with Gasteiger partial charge in [0.1, 0.15) is 5.82 Å². The smallest absolute Gasteiger partial charge is 0.274 e. The summed E-state index contributed by atoms with van der Waals surface area (Å²) < 4.78 is 1.35.